The van der Waals surface area contributed by atoms with Gasteiger partial charge in [0.15, 0.2) is 5.43 Å². The van der Waals surface area contributed by atoms with Gasteiger partial charge < -0.3 is 55.3 Å². The van der Waals surface area contributed by atoms with Gasteiger partial charge >= 0.3 is 5.97 Å². The van der Waals surface area contributed by atoms with Crippen LogP contribution in [0.4, 0.5) is 22.7 Å². The number of nitrogens with one attached hydrogen (secondary N) is 3. The Labute approximate surface area is 777 Å². The topological polar surface area (TPSA) is 217 Å². The van der Waals surface area contributed by atoms with Gasteiger partial charge in [-0.05, 0) is 162 Å². The summed E-state index contributed by atoms with van der Waals surface area (Å²) >= 11 is 23.4. The van der Waals surface area contributed by atoms with E-state index in [9.17, 15) is 14.4 Å². The molecule has 24 heteroatoms. The number of carbonyl (C=O) groups excluding carboxylic acids is 2. The Hall–Kier alpha value is -10.4. The van der Waals surface area contributed by atoms with Gasteiger partial charge in [-0.2, -0.15) is 0 Å². The first kappa shape index (κ1) is 93.8. The standard InChI is InChI=1S/C26H33N5O.C21H22BrN3O.C15H9BrClN.C15H10BrNO.C8H9BrO.C8H7BrO.C8H9NO2/c1-29-12-14-31(15-13-29)22-8-6-21(7-9-22)24-20-28-25-5-3-2-4-23(25)26(24)27-10-11-30-16-18-32-19-17-30;22-17-7-5-16(6-8-17)19-15-24-20-4-2-1-3-18(20)21(19)23-9-10-25-11-13-26-14-12-25;16-11-7-5-10(6-8-11)13-9-18-14-4-2-1-3-12(14)15(13)17;16-11-7-5-10(6-8-11)13-9-17-14-4-2-1-3-12(14)15(13)18;2*9-8-3-1-7(2-4-8)5-6-10;1-11-8(10)6-4-2-3-5-7(6)9/h2-9,20H,10-19H2,1H3,(H,27,28);1-8,15H,9-14H2,(H,23,24);1-9H;1-9H,(H,17,18);1-4,10H,5-6H2;1-4,6H,5H2;2-5H,9H2,1H3. The van der Waals surface area contributed by atoms with E-state index in [1.165, 1.54) is 40.6 Å². The first-order chi connectivity index (χ1) is 61.0. The number of nitrogen functional groups attached to an aromatic ring is 1. The van der Waals surface area contributed by atoms with E-state index < -0.39 is 5.97 Å². The number of ether oxygens (including phenoxy) is 3. The van der Waals surface area contributed by atoms with E-state index in [4.69, 9.17) is 36.9 Å². The third-order valence-corrected chi connectivity index (χ3v) is 24.2. The van der Waals surface area contributed by atoms with Crippen LogP contribution in [-0.2, 0) is 31.8 Å². The molecule has 18 nitrogen and oxygen atoms in total. The highest BCUT2D eigenvalue weighted by atomic mass is 79.9. The Morgan fingerprint density at radius 2 is 0.880 bits per heavy atom. The zero-order valence-electron chi connectivity index (χ0n) is 69.6. The van der Waals surface area contributed by atoms with Gasteiger partial charge in [-0.25, -0.2) is 4.79 Å². The summed E-state index contributed by atoms with van der Waals surface area (Å²) in [6, 6.07) is 87.8. The number of para-hydroxylation sites is 5. The lowest BCUT2D eigenvalue weighted by atomic mass is 10.0. The van der Waals surface area contributed by atoms with Crippen molar-refractivity contribution in [2.24, 2.45) is 0 Å². The first-order valence-corrected chi connectivity index (χ1v) is 45.6. The molecule has 0 aliphatic carbocycles. The maximum absolute atomic E-state index is 12.4. The molecule has 4 aromatic heterocycles. The van der Waals surface area contributed by atoms with Crippen LogP contribution in [0.25, 0.3) is 88.1 Å². The van der Waals surface area contributed by atoms with Crippen LogP contribution in [0.5, 0.6) is 0 Å². The van der Waals surface area contributed by atoms with Gasteiger partial charge in [-0.15, -0.1) is 0 Å². The van der Waals surface area contributed by atoms with Crippen molar-refractivity contribution in [3.63, 3.8) is 0 Å². The molecule has 0 atom stereocenters. The van der Waals surface area contributed by atoms with E-state index >= 15 is 0 Å². The van der Waals surface area contributed by atoms with Crippen LogP contribution < -0.4 is 26.7 Å². The number of nitrogens with zero attached hydrogens (tertiary/aromatic N) is 7. The van der Waals surface area contributed by atoms with E-state index in [1.54, 1.807) is 30.5 Å². The fourth-order valence-electron chi connectivity index (χ4n) is 14.2. The predicted molar refractivity (Wildman–Crippen MR) is 532 cm³/mol. The molecule has 15 aromatic rings. The summed E-state index contributed by atoms with van der Waals surface area (Å²) in [6.07, 6.45) is 9.75. The lowest BCUT2D eigenvalue weighted by Crippen LogP contribution is -2.44. The molecule has 0 spiro atoms. The SMILES string of the molecule is Brc1ccc(-c2cnc3ccccc3c2NCCN2CCOCC2)cc1.CN1CCN(c2ccc(-c3cnc4ccccc4c3NCCN3CCOCC3)cc2)CC1.COC(=O)c1ccccc1N.Clc1c(-c2ccc(Br)cc2)cnc2ccccc12.O=CCc1ccc(Br)cc1.O=c1c(-c2ccc(Br)cc2)c[nH]c2ccccc12.OCCc1ccc(Br)cc1. The second-order valence-corrected chi connectivity index (χ2v) is 34.5. The van der Waals surface area contributed by atoms with E-state index in [1.807, 2.05) is 170 Å². The Balaban J connectivity index is 0.000000139. The molecule has 3 aliphatic rings. The number of aromatic nitrogens is 4. The molecule has 0 radical (unpaired) electrons. The number of aliphatic hydroxyl groups excluding tert-OH is 1. The van der Waals surface area contributed by atoms with Gasteiger partial charge in [0, 0.05) is 199 Å². The number of methoxy groups -OCH3 is 1. The number of carbonyl (C=O) groups is 2. The van der Waals surface area contributed by atoms with Gasteiger partial charge in [0.2, 0.25) is 0 Å². The summed E-state index contributed by atoms with van der Waals surface area (Å²) in [6.45, 7) is 15.9. The minimum absolute atomic E-state index is 0.0617. The molecule has 3 aliphatic heterocycles. The normalized spacial score (nSPS) is 13.3. The fourth-order valence-corrected chi connectivity index (χ4v) is 15.9. The number of rotatable bonds is 18. The summed E-state index contributed by atoms with van der Waals surface area (Å²) < 4.78 is 20.7. The maximum atomic E-state index is 12.4. The van der Waals surface area contributed by atoms with Crippen molar-refractivity contribution in [1.82, 2.24) is 34.6 Å². The number of pyridine rings is 4. The summed E-state index contributed by atoms with van der Waals surface area (Å²) in [5.41, 5.74) is 24.4. The molecule has 0 amide bonds. The number of benzene rings is 11. The lowest BCUT2D eigenvalue weighted by molar-refractivity contribution is -0.107. The van der Waals surface area contributed by atoms with Gasteiger partial charge in [-0.3, -0.25) is 29.5 Å². The number of fused-ring (bicyclic) bond motifs is 4. The molecule has 0 unspecified atom stereocenters. The molecular formula is C101H99Br5ClN11O7. The second-order valence-electron chi connectivity index (χ2n) is 29.5. The molecule has 0 saturated carbocycles. The highest BCUT2D eigenvalue weighted by molar-refractivity contribution is 9.11. The average Bonchev–Trinajstić information content (AvgIpc) is 0.796. The number of nitrogens with two attached hydrogens (primary N) is 1. The van der Waals surface area contributed by atoms with Crippen molar-refractivity contribution < 1.29 is 28.9 Å². The van der Waals surface area contributed by atoms with E-state index in [2.05, 4.69) is 228 Å². The zero-order valence-corrected chi connectivity index (χ0v) is 78.3. The number of aromatic amines is 1. The number of likely N-dealkylation sites (N-methyl/N-ethyl adjacent to an activating group) is 1. The highest BCUT2D eigenvalue weighted by Gasteiger charge is 2.20. The summed E-state index contributed by atoms with van der Waals surface area (Å²) in [5, 5.41) is 20.8. The van der Waals surface area contributed by atoms with Crippen molar-refractivity contribution in [2.75, 3.05) is 147 Å². The van der Waals surface area contributed by atoms with Crippen molar-refractivity contribution in [1.29, 1.82) is 0 Å². The Bertz CT molecular complexity index is 6010. The number of morpholine rings is 2. The third-order valence-electron chi connectivity index (χ3n) is 21.1. The molecule has 642 valence electrons. The maximum Gasteiger partial charge on any atom is 0.339 e. The molecule has 11 aromatic carbocycles. The van der Waals surface area contributed by atoms with E-state index in [0.29, 0.717) is 23.2 Å². The van der Waals surface area contributed by atoms with Crippen molar-refractivity contribution in [3.8, 4) is 44.5 Å². The van der Waals surface area contributed by atoms with Crippen LogP contribution in [0.15, 0.2) is 319 Å². The highest BCUT2D eigenvalue weighted by Crippen LogP contribution is 2.38. The monoisotopic (exact) mass is 2010 g/mol. The smallest absolute Gasteiger partial charge is 0.339 e. The third kappa shape index (κ3) is 27.6. The number of H-pyrrole nitrogens is 1. The van der Waals surface area contributed by atoms with Crippen molar-refractivity contribution >= 4 is 170 Å². The van der Waals surface area contributed by atoms with Gasteiger partial charge in [-0.1, -0.05) is 243 Å². The van der Waals surface area contributed by atoms with Crippen LogP contribution in [0.3, 0.4) is 0 Å². The van der Waals surface area contributed by atoms with Gasteiger partial charge in [0.1, 0.15) is 6.29 Å². The van der Waals surface area contributed by atoms with Crippen LogP contribution in [0.1, 0.15) is 21.5 Å². The van der Waals surface area contributed by atoms with E-state index in [0.717, 1.165) is 222 Å². The summed E-state index contributed by atoms with van der Waals surface area (Å²) in [5.74, 6) is -0.400. The number of halogens is 6. The van der Waals surface area contributed by atoms with Gasteiger partial charge in [0.25, 0.3) is 0 Å². The summed E-state index contributed by atoms with van der Waals surface area (Å²) in [7, 11) is 3.52. The van der Waals surface area contributed by atoms with Crippen LogP contribution >= 0.6 is 91.3 Å². The Morgan fingerprint density at radius 1 is 0.488 bits per heavy atom. The average molecular weight is 2010 g/mol. The first-order valence-electron chi connectivity index (χ1n) is 41.3. The number of esters is 1. The molecule has 3 saturated heterocycles. The number of hydrogen-bond acceptors (Lipinski definition) is 17. The minimum Gasteiger partial charge on any atom is -0.465 e. The number of hydrogen-bond donors (Lipinski definition) is 5. The molecule has 18 rings (SSSR count). The Kier molecular flexibility index (Phi) is 36.7. The molecule has 7 heterocycles. The van der Waals surface area contributed by atoms with Crippen molar-refractivity contribution in [3.05, 3.63) is 346 Å². The molecule has 6 N–H and O–H groups in total. The number of aliphatic hydroxyl groups is 1. The van der Waals surface area contributed by atoms with Gasteiger partial charge in [0.05, 0.1) is 72.0 Å². The van der Waals surface area contributed by atoms with Crippen LogP contribution in [-0.4, -0.2) is 178 Å². The lowest BCUT2D eigenvalue weighted by Gasteiger charge is -2.34. The van der Waals surface area contributed by atoms with E-state index in [-0.39, 0.29) is 12.0 Å². The molecule has 3 fully saturated rings. The number of aldehydes is 1. The van der Waals surface area contributed by atoms with Crippen LogP contribution in [0, 0.1) is 0 Å². The number of anilines is 4. The molecular weight excluding hydrogens is 1910 g/mol. The predicted octanol–water partition coefficient (Wildman–Crippen LogP) is 22.3. The second kappa shape index (κ2) is 48.9. The quantitative estimate of drug-likeness (QED) is 0.0307. The molecule has 125 heavy (non-hydrogen) atoms. The zero-order chi connectivity index (χ0) is 87.7. The summed E-state index contributed by atoms with van der Waals surface area (Å²) in [4.78, 5) is 60.2. The fraction of sp³-hybridized carbons (Fsp3) is 0.208. The van der Waals surface area contributed by atoms with Crippen molar-refractivity contribution in [2.45, 2.75) is 12.8 Å². The largest absolute Gasteiger partial charge is 0.465 e. The Morgan fingerprint density at radius 3 is 1.34 bits per heavy atom. The molecule has 0 bridgehead atoms. The minimum atomic E-state index is -0.400. The number of piperazine rings is 1. The van der Waals surface area contributed by atoms with Crippen LogP contribution in [0.2, 0.25) is 5.02 Å².